The van der Waals surface area contributed by atoms with Crippen LogP contribution in [0.1, 0.15) is 17.1 Å². The monoisotopic (exact) mass is 238 g/mol. The van der Waals surface area contributed by atoms with Crippen LogP contribution in [-0.4, -0.2) is 46.8 Å². The summed E-state index contributed by atoms with van der Waals surface area (Å²) in [7, 11) is 1.61. The van der Waals surface area contributed by atoms with E-state index >= 15 is 0 Å². The first-order chi connectivity index (χ1) is 8.28. The Hall–Kier alpha value is -1.24. The number of ether oxygens (including phenoxy) is 1. The third kappa shape index (κ3) is 2.54. The van der Waals surface area contributed by atoms with Crippen LogP contribution >= 0.6 is 0 Å². The standard InChI is InChI=1S/C11H18N4O2/c1-17-11-8-7-15(4-5-16)3-2-9(8)13-10(6-12)14-11/h16H,2-7,12H2,1H3. The van der Waals surface area contributed by atoms with Gasteiger partial charge in [0.05, 0.1) is 26.0 Å². The second-order valence-corrected chi connectivity index (χ2v) is 4.03. The Bertz CT molecular complexity index is 380. The van der Waals surface area contributed by atoms with Crippen molar-refractivity contribution in [2.45, 2.75) is 19.5 Å². The van der Waals surface area contributed by atoms with Gasteiger partial charge < -0.3 is 15.6 Å². The Kier molecular flexibility index (Phi) is 3.88. The van der Waals surface area contributed by atoms with Crippen LogP contribution < -0.4 is 10.5 Å². The molecule has 1 aliphatic heterocycles. The molecule has 17 heavy (non-hydrogen) atoms. The van der Waals surface area contributed by atoms with Crippen LogP contribution in [0.5, 0.6) is 5.88 Å². The highest BCUT2D eigenvalue weighted by Gasteiger charge is 2.22. The molecule has 0 unspecified atom stereocenters. The molecule has 1 aromatic heterocycles. The second kappa shape index (κ2) is 5.39. The lowest BCUT2D eigenvalue weighted by atomic mass is 10.1. The van der Waals surface area contributed by atoms with Gasteiger partial charge in [-0.3, -0.25) is 4.90 Å². The fraction of sp³-hybridized carbons (Fsp3) is 0.636. The summed E-state index contributed by atoms with van der Waals surface area (Å²) in [5.74, 6) is 1.23. The van der Waals surface area contributed by atoms with Gasteiger partial charge in [0.25, 0.3) is 0 Å². The van der Waals surface area contributed by atoms with E-state index in [0.29, 0.717) is 24.8 Å². The van der Waals surface area contributed by atoms with Gasteiger partial charge in [0.2, 0.25) is 5.88 Å². The molecule has 0 radical (unpaired) electrons. The minimum absolute atomic E-state index is 0.166. The molecular formula is C11H18N4O2. The number of β-amino-alcohol motifs (C(OH)–C–C–N with tert-alkyl or cyclic N) is 1. The first-order valence-electron chi connectivity index (χ1n) is 5.74. The quantitative estimate of drug-likeness (QED) is 0.721. The number of hydrogen-bond donors (Lipinski definition) is 2. The normalized spacial score (nSPS) is 15.7. The summed E-state index contributed by atoms with van der Waals surface area (Å²) < 4.78 is 5.29. The highest BCUT2D eigenvalue weighted by Crippen LogP contribution is 2.24. The Balaban J connectivity index is 2.29. The third-order valence-corrected chi connectivity index (χ3v) is 2.94. The van der Waals surface area contributed by atoms with Crippen LogP contribution in [0.4, 0.5) is 0 Å². The van der Waals surface area contributed by atoms with Gasteiger partial charge in [-0.05, 0) is 0 Å². The lowest BCUT2D eigenvalue weighted by molar-refractivity contribution is 0.180. The number of aromatic nitrogens is 2. The molecule has 0 saturated carbocycles. The molecule has 2 heterocycles. The van der Waals surface area contributed by atoms with E-state index in [1.165, 1.54) is 0 Å². The SMILES string of the molecule is COc1nc(CN)nc2c1CN(CCO)CC2. The Labute approximate surface area is 100 Å². The van der Waals surface area contributed by atoms with Crippen LogP contribution in [0.15, 0.2) is 0 Å². The molecule has 0 spiro atoms. The molecule has 0 aliphatic carbocycles. The summed E-state index contributed by atoms with van der Waals surface area (Å²) in [6.45, 7) is 2.78. The predicted molar refractivity (Wildman–Crippen MR) is 62.5 cm³/mol. The number of aliphatic hydroxyl groups is 1. The third-order valence-electron chi connectivity index (χ3n) is 2.94. The summed E-state index contributed by atoms with van der Waals surface area (Å²) >= 11 is 0. The largest absolute Gasteiger partial charge is 0.481 e. The van der Waals surface area contributed by atoms with E-state index in [9.17, 15) is 0 Å². The van der Waals surface area contributed by atoms with Crippen molar-refractivity contribution in [1.29, 1.82) is 0 Å². The highest BCUT2D eigenvalue weighted by molar-refractivity contribution is 5.33. The van der Waals surface area contributed by atoms with E-state index in [1.807, 2.05) is 0 Å². The van der Waals surface area contributed by atoms with Gasteiger partial charge in [-0.25, -0.2) is 4.98 Å². The van der Waals surface area contributed by atoms with Gasteiger partial charge in [0, 0.05) is 31.6 Å². The lowest BCUT2D eigenvalue weighted by Crippen LogP contribution is -2.34. The van der Waals surface area contributed by atoms with Gasteiger partial charge in [-0.15, -0.1) is 0 Å². The predicted octanol–water partition coefficient (Wildman–Crippen LogP) is -0.706. The maximum Gasteiger partial charge on any atom is 0.221 e. The average molecular weight is 238 g/mol. The van der Waals surface area contributed by atoms with Crippen molar-refractivity contribution >= 4 is 0 Å². The first-order valence-corrected chi connectivity index (χ1v) is 5.74. The molecule has 0 saturated heterocycles. The topological polar surface area (TPSA) is 84.5 Å². The van der Waals surface area contributed by atoms with E-state index < -0.39 is 0 Å². The molecule has 0 aromatic carbocycles. The summed E-state index contributed by atoms with van der Waals surface area (Å²) in [6, 6.07) is 0. The van der Waals surface area contributed by atoms with Crippen molar-refractivity contribution < 1.29 is 9.84 Å². The molecule has 2 rings (SSSR count). The zero-order chi connectivity index (χ0) is 12.3. The molecule has 0 amide bonds. The zero-order valence-electron chi connectivity index (χ0n) is 10.0. The second-order valence-electron chi connectivity index (χ2n) is 4.03. The number of fused-ring (bicyclic) bond motifs is 1. The van der Waals surface area contributed by atoms with Gasteiger partial charge in [-0.1, -0.05) is 0 Å². The maximum atomic E-state index is 8.95. The van der Waals surface area contributed by atoms with Crippen LogP contribution in [0.2, 0.25) is 0 Å². The van der Waals surface area contributed by atoms with Crippen molar-refractivity contribution in [2.75, 3.05) is 26.8 Å². The van der Waals surface area contributed by atoms with Crippen molar-refractivity contribution in [3.05, 3.63) is 17.1 Å². The maximum absolute atomic E-state index is 8.95. The van der Waals surface area contributed by atoms with Crippen LogP contribution in [0, 0.1) is 0 Å². The van der Waals surface area contributed by atoms with Crippen LogP contribution in [-0.2, 0) is 19.5 Å². The molecule has 1 aromatic rings. The minimum atomic E-state index is 0.166. The Morgan fingerprint density at radius 3 is 2.94 bits per heavy atom. The van der Waals surface area contributed by atoms with E-state index in [1.54, 1.807) is 7.11 Å². The lowest BCUT2D eigenvalue weighted by Gasteiger charge is -2.28. The summed E-state index contributed by atoms with van der Waals surface area (Å²) in [6.07, 6.45) is 0.848. The van der Waals surface area contributed by atoms with Crippen LogP contribution in [0.3, 0.4) is 0 Å². The number of aliphatic hydroxyl groups excluding tert-OH is 1. The number of rotatable bonds is 4. The zero-order valence-corrected chi connectivity index (χ0v) is 10.0. The molecule has 0 bridgehead atoms. The Morgan fingerprint density at radius 1 is 1.47 bits per heavy atom. The minimum Gasteiger partial charge on any atom is -0.481 e. The summed E-state index contributed by atoms with van der Waals surface area (Å²) in [5.41, 5.74) is 7.60. The Morgan fingerprint density at radius 2 is 2.29 bits per heavy atom. The van der Waals surface area contributed by atoms with E-state index in [2.05, 4.69) is 14.9 Å². The highest BCUT2D eigenvalue weighted by atomic mass is 16.5. The number of nitrogens with zero attached hydrogens (tertiary/aromatic N) is 3. The summed E-state index contributed by atoms with van der Waals surface area (Å²) in [4.78, 5) is 10.9. The molecule has 94 valence electrons. The van der Waals surface area contributed by atoms with E-state index in [4.69, 9.17) is 15.6 Å². The molecule has 1 aliphatic rings. The number of nitrogens with two attached hydrogens (primary N) is 1. The molecule has 6 heteroatoms. The number of methoxy groups -OCH3 is 1. The molecular weight excluding hydrogens is 220 g/mol. The van der Waals surface area contributed by atoms with Gasteiger partial charge in [0.1, 0.15) is 5.82 Å². The average Bonchev–Trinajstić information content (AvgIpc) is 2.37. The fourth-order valence-electron chi connectivity index (χ4n) is 2.08. The molecule has 6 nitrogen and oxygen atoms in total. The van der Waals surface area contributed by atoms with Gasteiger partial charge in [0.15, 0.2) is 0 Å². The van der Waals surface area contributed by atoms with Crippen molar-refractivity contribution in [2.24, 2.45) is 5.73 Å². The number of hydrogen-bond acceptors (Lipinski definition) is 6. The van der Waals surface area contributed by atoms with Crippen molar-refractivity contribution in [3.8, 4) is 5.88 Å². The van der Waals surface area contributed by atoms with Gasteiger partial charge >= 0.3 is 0 Å². The molecule has 0 atom stereocenters. The first kappa shape index (κ1) is 12.2. The van der Waals surface area contributed by atoms with Crippen molar-refractivity contribution in [3.63, 3.8) is 0 Å². The summed E-state index contributed by atoms with van der Waals surface area (Å²) in [5, 5.41) is 8.95. The fourth-order valence-corrected chi connectivity index (χ4v) is 2.08. The molecule has 0 fully saturated rings. The molecule has 3 N–H and O–H groups in total. The van der Waals surface area contributed by atoms with E-state index in [0.717, 1.165) is 30.8 Å². The van der Waals surface area contributed by atoms with Crippen LogP contribution in [0.25, 0.3) is 0 Å². The van der Waals surface area contributed by atoms with E-state index in [-0.39, 0.29) is 6.61 Å². The van der Waals surface area contributed by atoms with Crippen molar-refractivity contribution in [1.82, 2.24) is 14.9 Å². The van der Waals surface area contributed by atoms with Gasteiger partial charge in [-0.2, -0.15) is 4.98 Å². The smallest absolute Gasteiger partial charge is 0.221 e.